The predicted octanol–water partition coefficient (Wildman–Crippen LogP) is 4.48. The molecule has 13 heteroatoms. The van der Waals surface area contributed by atoms with Gasteiger partial charge in [-0.2, -0.15) is 13.2 Å². The van der Waals surface area contributed by atoms with E-state index in [1.807, 2.05) is 5.32 Å². The van der Waals surface area contributed by atoms with Gasteiger partial charge in [0.1, 0.15) is 17.4 Å². The Morgan fingerprint density at radius 1 is 1.03 bits per heavy atom. The molecule has 1 aromatic heterocycles. The van der Waals surface area contributed by atoms with E-state index in [2.05, 4.69) is 5.32 Å². The predicted molar refractivity (Wildman–Crippen MR) is 106 cm³/mol. The zero-order valence-corrected chi connectivity index (χ0v) is 16.7. The first-order valence-electron chi connectivity index (χ1n) is 9.20. The van der Waals surface area contributed by atoms with Gasteiger partial charge >= 0.3 is 12.2 Å². The second kappa shape index (κ2) is 8.92. The Balaban J connectivity index is 1.87. The number of carbonyl (C=O) groups excluding carboxylic acids is 2. The Hall–Kier alpha value is -3.90. The number of nitrogens with one attached hydrogen (secondary N) is 3. The van der Waals surface area contributed by atoms with E-state index in [0.29, 0.717) is 6.07 Å². The van der Waals surface area contributed by atoms with E-state index in [0.717, 1.165) is 31.2 Å². The third-order valence-electron chi connectivity index (χ3n) is 4.48. The minimum Gasteiger partial charge on any atom is -0.455 e. The molecule has 1 heterocycles. The zero-order chi connectivity index (χ0) is 24.5. The van der Waals surface area contributed by atoms with E-state index in [4.69, 9.17) is 10.2 Å². The van der Waals surface area contributed by atoms with E-state index in [1.54, 1.807) is 5.32 Å². The molecule has 0 fully saturated rings. The van der Waals surface area contributed by atoms with Crippen LogP contribution in [0, 0.1) is 24.4 Å². The first-order valence-corrected chi connectivity index (χ1v) is 9.20. The van der Waals surface area contributed by atoms with Gasteiger partial charge in [-0.1, -0.05) is 0 Å². The number of fused-ring (bicyclic) bond motifs is 1. The summed E-state index contributed by atoms with van der Waals surface area (Å²) in [5.41, 5.74) is 3.93. The van der Waals surface area contributed by atoms with Crippen LogP contribution in [0.25, 0.3) is 11.0 Å². The van der Waals surface area contributed by atoms with Crippen LogP contribution in [0.5, 0.6) is 0 Å². The van der Waals surface area contributed by atoms with Crippen molar-refractivity contribution >= 4 is 34.3 Å². The number of primary amides is 1. The fraction of sp³-hybridized carbons (Fsp3) is 0.200. The number of rotatable bonds is 6. The van der Waals surface area contributed by atoms with E-state index in [1.165, 1.54) is 0 Å². The lowest BCUT2D eigenvalue weighted by molar-refractivity contribution is -0.158. The summed E-state index contributed by atoms with van der Waals surface area (Å²) < 4.78 is 87.4. The number of carbonyl (C=O) groups is 2. The van der Waals surface area contributed by atoms with Crippen molar-refractivity contribution in [2.45, 2.75) is 19.1 Å². The number of hydrogen-bond donors (Lipinski definition) is 4. The van der Waals surface area contributed by atoms with Crippen LogP contribution in [0.15, 0.2) is 34.7 Å². The molecule has 33 heavy (non-hydrogen) atoms. The smallest absolute Gasteiger partial charge is 0.416 e. The Morgan fingerprint density at radius 2 is 1.67 bits per heavy atom. The molecule has 3 rings (SSSR count). The second-order valence-electron chi connectivity index (χ2n) is 6.98. The molecule has 0 radical (unpaired) electrons. The maximum Gasteiger partial charge on any atom is 0.416 e. The normalized spacial score (nSPS) is 12.5. The minimum absolute atomic E-state index is 0.0297. The number of furan rings is 1. The number of amides is 3. The molecule has 5 N–H and O–H groups in total. The molecule has 1 unspecified atom stereocenters. The summed E-state index contributed by atoms with van der Waals surface area (Å²) in [4.78, 5) is 23.1. The first kappa shape index (κ1) is 23.8. The van der Waals surface area contributed by atoms with Crippen molar-refractivity contribution in [2.24, 2.45) is 5.73 Å². The maximum absolute atomic E-state index is 14.0. The molecule has 3 aromatic rings. The number of benzene rings is 2. The Kier molecular flexibility index (Phi) is 6.42. The van der Waals surface area contributed by atoms with E-state index >= 15 is 0 Å². The summed E-state index contributed by atoms with van der Waals surface area (Å²) in [5, 5.41) is 5.93. The molecule has 0 bridgehead atoms. The Morgan fingerprint density at radius 3 is 2.30 bits per heavy atom. The van der Waals surface area contributed by atoms with Crippen LogP contribution in [0.1, 0.15) is 17.4 Å². The van der Waals surface area contributed by atoms with Crippen LogP contribution < -0.4 is 21.7 Å². The van der Waals surface area contributed by atoms with Gasteiger partial charge in [-0.15, -0.1) is 0 Å². The lowest BCUT2D eigenvalue weighted by Gasteiger charge is -2.21. The van der Waals surface area contributed by atoms with Gasteiger partial charge in [-0.05, 0) is 31.2 Å². The minimum atomic E-state index is -5.08. The van der Waals surface area contributed by atoms with Gasteiger partial charge in [-0.3, -0.25) is 4.79 Å². The second-order valence-corrected chi connectivity index (χ2v) is 6.98. The number of urea groups is 1. The molecule has 0 aliphatic carbocycles. The van der Waals surface area contributed by atoms with Crippen LogP contribution in [0.2, 0.25) is 0 Å². The highest BCUT2D eigenvalue weighted by molar-refractivity contribution is 5.90. The van der Waals surface area contributed by atoms with E-state index < -0.39 is 53.0 Å². The van der Waals surface area contributed by atoms with Gasteiger partial charge in [0.05, 0.1) is 6.54 Å². The molecule has 176 valence electrons. The maximum atomic E-state index is 14.0. The van der Waals surface area contributed by atoms with Gasteiger partial charge in [0.25, 0.3) is 0 Å². The van der Waals surface area contributed by atoms with E-state index in [9.17, 15) is 35.9 Å². The molecule has 0 aliphatic rings. The summed E-state index contributed by atoms with van der Waals surface area (Å²) >= 11 is 0. The topological polar surface area (TPSA) is 109 Å². The summed E-state index contributed by atoms with van der Waals surface area (Å²) in [6.45, 7) is 0.801. The number of halogens is 6. The van der Waals surface area contributed by atoms with Gasteiger partial charge in [0.15, 0.2) is 17.4 Å². The Labute approximate surface area is 181 Å². The molecule has 7 nitrogen and oxygen atoms in total. The first-order chi connectivity index (χ1) is 15.3. The number of alkyl halides is 3. The van der Waals surface area contributed by atoms with Crippen LogP contribution >= 0.6 is 0 Å². The average molecular weight is 474 g/mol. The van der Waals surface area contributed by atoms with Crippen molar-refractivity contribution in [1.82, 2.24) is 5.32 Å². The number of anilines is 2. The van der Waals surface area contributed by atoms with Gasteiger partial charge in [0, 0.05) is 28.4 Å². The van der Waals surface area contributed by atoms with E-state index in [-0.39, 0.29) is 28.9 Å². The molecule has 0 saturated carbocycles. The lowest BCUT2D eigenvalue weighted by atomic mass is 10.1. The molecule has 2 aromatic carbocycles. The largest absolute Gasteiger partial charge is 0.455 e. The highest BCUT2D eigenvalue weighted by atomic mass is 19.4. The van der Waals surface area contributed by atoms with Crippen molar-refractivity contribution in [2.75, 3.05) is 17.2 Å². The average Bonchev–Trinajstić information content (AvgIpc) is 3.00. The highest BCUT2D eigenvalue weighted by Crippen LogP contribution is 2.39. The molecular weight excluding hydrogens is 458 g/mol. The fourth-order valence-corrected chi connectivity index (χ4v) is 3.08. The highest BCUT2D eigenvalue weighted by Gasteiger charge is 2.45. The number of aryl methyl sites for hydroxylation is 1. The molecule has 0 aliphatic heterocycles. The molecule has 0 saturated heterocycles. The lowest BCUT2D eigenvalue weighted by Crippen LogP contribution is -2.40. The molecule has 0 spiro atoms. The summed E-state index contributed by atoms with van der Waals surface area (Å²) in [7, 11) is 0. The number of hydrogen-bond acceptors (Lipinski definition) is 4. The molecule has 1 atom stereocenters. The summed E-state index contributed by atoms with van der Waals surface area (Å²) in [5.74, 6) is -4.69. The van der Waals surface area contributed by atoms with Crippen LogP contribution in [0.4, 0.5) is 42.5 Å². The van der Waals surface area contributed by atoms with Crippen molar-refractivity contribution < 1.29 is 40.3 Å². The monoisotopic (exact) mass is 474 g/mol. The van der Waals surface area contributed by atoms with Crippen molar-refractivity contribution in [3.8, 4) is 0 Å². The zero-order valence-electron chi connectivity index (χ0n) is 16.7. The third kappa shape index (κ3) is 5.48. The fourth-order valence-electron chi connectivity index (χ4n) is 3.08. The standard InChI is InChI=1S/C20H16F6N4O3/c1-8-13-4-10(22)5-14(23)17(13)33-16(8)18(20(24,25)26)30-19(32)29-12-3-9(21)2-11(6-12)28-7-15(27)31/h2-6,18,28H,7H2,1H3,(H2,27,31)(H2,29,30,32). The van der Waals surface area contributed by atoms with Gasteiger partial charge in [-0.25, -0.2) is 18.0 Å². The summed E-state index contributed by atoms with van der Waals surface area (Å²) in [6.07, 6.45) is -5.08. The SMILES string of the molecule is Cc1c(C(NC(=O)Nc2cc(F)cc(NCC(N)=O)c2)C(F)(F)F)oc2c(F)cc(F)cc12. The molecular formula is C20H16F6N4O3. The third-order valence-corrected chi connectivity index (χ3v) is 4.48. The number of nitrogens with two attached hydrogens (primary N) is 1. The van der Waals surface area contributed by atoms with Gasteiger partial charge < -0.3 is 26.1 Å². The molecule has 3 amide bonds. The summed E-state index contributed by atoms with van der Waals surface area (Å²) in [6, 6.07) is 0.0770. The van der Waals surface area contributed by atoms with Crippen LogP contribution in [0.3, 0.4) is 0 Å². The van der Waals surface area contributed by atoms with Crippen molar-refractivity contribution in [3.05, 3.63) is 59.1 Å². The van der Waals surface area contributed by atoms with Crippen molar-refractivity contribution in [3.63, 3.8) is 0 Å². The quantitative estimate of drug-likeness (QED) is 0.395. The van der Waals surface area contributed by atoms with Crippen LogP contribution in [-0.2, 0) is 4.79 Å². The Bertz CT molecular complexity index is 1220. The van der Waals surface area contributed by atoms with Crippen molar-refractivity contribution in [1.29, 1.82) is 0 Å². The van der Waals surface area contributed by atoms with Crippen LogP contribution in [-0.4, -0.2) is 24.7 Å². The van der Waals surface area contributed by atoms with Gasteiger partial charge in [0.2, 0.25) is 5.91 Å².